The van der Waals surface area contributed by atoms with Crippen molar-refractivity contribution in [2.24, 2.45) is 0 Å². The van der Waals surface area contributed by atoms with Crippen LogP contribution in [-0.4, -0.2) is 32.4 Å². The molecule has 0 spiro atoms. The van der Waals surface area contributed by atoms with Crippen LogP contribution < -0.4 is 10.1 Å². The summed E-state index contributed by atoms with van der Waals surface area (Å²) in [6.45, 7) is 0. The van der Waals surface area contributed by atoms with E-state index in [4.69, 9.17) is 9.15 Å². The fourth-order valence-electron chi connectivity index (χ4n) is 3.36. The summed E-state index contributed by atoms with van der Waals surface area (Å²) in [4.78, 5) is 16.4. The first-order valence-electron chi connectivity index (χ1n) is 9.22. The van der Waals surface area contributed by atoms with Crippen molar-refractivity contribution in [1.29, 1.82) is 0 Å². The minimum atomic E-state index is -0.485. The van der Waals surface area contributed by atoms with E-state index in [0.29, 0.717) is 28.3 Å². The molecule has 1 aromatic carbocycles. The number of hydrogen-bond acceptors (Lipinski definition) is 7. The molecule has 1 fully saturated rings. The SMILES string of the molecule is O=C(NC1CCCCC1)Oc1ccc(O)c(-c2cncc(-c3nnco3)c2)c1. The van der Waals surface area contributed by atoms with Crippen molar-refractivity contribution in [2.75, 3.05) is 0 Å². The van der Waals surface area contributed by atoms with Gasteiger partial charge in [-0.05, 0) is 37.1 Å². The monoisotopic (exact) mass is 380 g/mol. The first kappa shape index (κ1) is 18.0. The predicted octanol–water partition coefficient (Wildman–Crippen LogP) is 3.93. The molecule has 3 aromatic rings. The molecule has 0 bridgehead atoms. The number of phenols is 1. The number of aromatic nitrogens is 3. The van der Waals surface area contributed by atoms with E-state index in [0.717, 1.165) is 25.7 Å². The third kappa shape index (κ3) is 4.11. The fraction of sp³-hybridized carbons (Fsp3) is 0.300. The molecule has 8 heteroatoms. The summed E-state index contributed by atoms with van der Waals surface area (Å²) in [5.74, 6) is 0.710. The lowest BCUT2D eigenvalue weighted by Crippen LogP contribution is -2.37. The van der Waals surface area contributed by atoms with Crippen molar-refractivity contribution < 1.29 is 19.1 Å². The van der Waals surface area contributed by atoms with E-state index in [-0.39, 0.29) is 11.8 Å². The highest BCUT2D eigenvalue weighted by Gasteiger charge is 2.17. The molecule has 4 rings (SSSR count). The van der Waals surface area contributed by atoms with Crippen LogP contribution >= 0.6 is 0 Å². The van der Waals surface area contributed by atoms with Crippen LogP contribution in [0.15, 0.2) is 47.5 Å². The molecule has 2 heterocycles. The Kier molecular flexibility index (Phi) is 5.18. The number of rotatable bonds is 4. The smallest absolute Gasteiger partial charge is 0.412 e. The lowest BCUT2D eigenvalue weighted by atomic mass is 9.96. The molecule has 0 radical (unpaired) electrons. The van der Waals surface area contributed by atoms with Crippen LogP contribution in [0.2, 0.25) is 0 Å². The second-order valence-corrected chi connectivity index (χ2v) is 6.75. The summed E-state index contributed by atoms with van der Waals surface area (Å²) in [5, 5.41) is 20.7. The van der Waals surface area contributed by atoms with Gasteiger partial charge in [-0.1, -0.05) is 19.3 Å². The molecule has 0 atom stereocenters. The van der Waals surface area contributed by atoms with Gasteiger partial charge in [0.1, 0.15) is 11.5 Å². The van der Waals surface area contributed by atoms with Crippen LogP contribution in [0.4, 0.5) is 4.79 Å². The number of pyridine rings is 1. The quantitative estimate of drug-likeness (QED) is 0.705. The summed E-state index contributed by atoms with van der Waals surface area (Å²) < 4.78 is 10.6. The number of phenolic OH excluding ortho intramolecular Hbond substituents is 1. The van der Waals surface area contributed by atoms with Gasteiger partial charge in [-0.3, -0.25) is 4.98 Å². The zero-order valence-corrected chi connectivity index (χ0v) is 15.2. The van der Waals surface area contributed by atoms with Crippen LogP contribution in [0.3, 0.4) is 0 Å². The molecule has 144 valence electrons. The molecular formula is C20H20N4O4. The third-order valence-corrected chi connectivity index (χ3v) is 4.76. The van der Waals surface area contributed by atoms with Crippen LogP contribution in [0.1, 0.15) is 32.1 Å². The predicted molar refractivity (Wildman–Crippen MR) is 101 cm³/mol. The minimum absolute atomic E-state index is 0.0458. The van der Waals surface area contributed by atoms with E-state index in [2.05, 4.69) is 20.5 Å². The zero-order valence-electron chi connectivity index (χ0n) is 15.2. The van der Waals surface area contributed by atoms with Crippen LogP contribution in [0.25, 0.3) is 22.6 Å². The minimum Gasteiger partial charge on any atom is -0.507 e. The molecule has 1 aliphatic rings. The van der Waals surface area contributed by atoms with Crippen molar-refractivity contribution in [3.05, 3.63) is 43.1 Å². The average molecular weight is 380 g/mol. The zero-order chi connectivity index (χ0) is 19.3. The maximum Gasteiger partial charge on any atom is 0.412 e. The normalized spacial score (nSPS) is 14.6. The average Bonchev–Trinajstić information content (AvgIpc) is 3.25. The maximum absolute atomic E-state index is 12.2. The Hall–Kier alpha value is -3.42. The number of amides is 1. The Balaban J connectivity index is 1.52. The van der Waals surface area contributed by atoms with Gasteiger partial charge in [0.25, 0.3) is 0 Å². The van der Waals surface area contributed by atoms with Gasteiger partial charge in [0, 0.05) is 29.6 Å². The molecule has 2 N–H and O–H groups in total. The Bertz CT molecular complexity index is 953. The highest BCUT2D eigenvalue weighted by atomic mass is 16.6. The summed E-state index contributed by atoms with van der Waals surface area (Å²) in [7, 11) is 0. The molecule has 8 nitrogen and oxygen atoms in total. The van der Waals surface area contributed by atoms with Gasteiger partial charge in [-0.25, -0.2) is 4.79 Å². The van der Waals surface area contributed by atoms with Crippen molar-refractivity contribution in [3.8, 4) is 34.1 Å². The first-order valence-corrected chi connectivity index (χ1v) is 9.22. The van der Waals surface area contributed by atoms with Gasteiger partial charge in [0.05, 0.1) is 5.56 Å². The van der Waals surface area contributed by atoms with Crippen molar-refractivity contribution in [2.45, 2.75) is 38.1 Å². The van der Waals surface area contributed by atoms with Crippen LogP contribution in [-0.2, 0) is 0 Å². The van der Waals surface area contributed by atoms with E-state index in [9.17, 15) is 9.90 Å². The summed E-state index contributed by atoms with van der Waals surface area (Å²) in [6, 6.07) is 6.56. The highest BCUT2D eigenvalue weighted by molar-refractivity contribution is 5.76. The van der Waals surface area contributed by atoms with Crippen molar-refractivity contribution in [1.82, 2.24) is 20.5 Å². The lowest BCUT2D eigenvalue weighted by Gasteiger charge is -2.22. The molecule has 1 aliphatic carbocycles. The molecule has 2 aromatic heterocycles. The molecular weight excluding hydrogens is 360 g/mol. The number of carbonyl (C=O) groups excluding carboxylic acids is 1. The summed E-state index contributed by atoms with van der Waals surface area (Å²) in [5.41, 5.74) is 1.74. The summed E-state index contributed by atoms with van der Waals surface area (Å²) in [6.07, 6.45) is 9.35. The summed E-state index contributed by atoms with van der Waals surface area (Å²) >= 11 is 0. The topological polar surface area (TPSA) is 110 Å². The molecule has 1 amide bonds. The Morgan fingerprint density at radius 1 is 1.14 bits per heavy atom. The number of nitrogens with one attached hydrogen (secondary N) is 1. The van der Waals surface area contributed by atoms with Gasteiger partial charge in [0.2, 0.25) is 12.3 Å². The molecule has 1 saturated carbocycles. The number of hydrogen-bond donors (Lipinski definition) is 2. The Morgan fingerprint density at radius 3 is 2.75 bits per heavy atom. The van der Waals surface area contributed by atoms with E-state index in [1.54, 1.807) is 30.6 Å². The standard InChI is InChI=1S/C20H20N4O4/c25-18-7-6-16(28-20(26)23-15-4-2-1-3-5-15)9-17(18)13-8-14(11-21-10-13)19-24-22-12-27-19/h6-12,15,25H,1-5H2,(H,23,26). The van der Waals surface area contributed by atoms with E-state index < -0.39 is 6.09 Å². The molecule has 28 heavy (non-hydrogen) atoms. The largest absolute Gasteiger partial charge is 0.507 e. The van der Waals surface area contributed by atoms with Crippen LogP contribution in [0.5, 0.6) is 11.5 Å². The van der Waals surface area contributed by atoms with Gasteiger partial charge < -0.3 is 19.6 Å². The number of ether oxygens (including phenoxy) is 1. The third-order valence-electron chi connectivity index (χ3n) is 4.76. The van der Waals surface area contributed by atoms with Crippen LogP contribution in [0, 0.1) is 0 Å². The maximum atomic E-state index is 12.2. The van der Waals surface area contributed by atoms with Crippen molar-refractivity contribution >= 4 is 6.09 Å². The lowest BCUT2D eigenvalue weighted by molar-refractivity contribution is 0.192. The number of aromatic hydroxyl groups is 1. The second kappa shape index (κ2) is 8.08. The van der Waals surface area contributed by atoms with Gasteiger partial charge in [-0.2, -0.15) is 0 Å². The van der Waals surface area contributed by atoms with Gasteiger partial charge >= 0.3 is 6.09 Å². The number of nitrogens with zero attached hydrogens (tertiary/aromatic N) is 3. The Morgan fingerprint density at radius 2 is 1.96 bits per heavy atom. The van der Waals surface area contributed by atoms with Gasteiger partial charge in [0.15, 0.2) is 0 Å². The highest BCUT2D eigenvalue weighted by Crippen LogP contribution is 2.34. The molecule has 0 saturated heterocycles. The van der Waals surface area contributed by atoms with Crippen molar-refractivity contribution in [3.63, 3.8) is 0 Å². The molecule has 0 unspecified atom stereocenters. The van der Waals surface area contributed by atoms with E-state index >= 15 is 0 Å². The number of benzene rings is 1. The van der Waals surface area contributed by atoms with E-state index in [1.165, 1.54) is 18.9 Å². The van der Waals surface area contributed by atoms with E-state index in [1.807, 2.05) is 0 Å². The fourth-order valence-corrected chi connectivity index (χ4v) is 3.36. The second-order valence-electron chi connectivity index (χ2n) is 6.75. The molecule has 0 aliphatic heterocycles. The Labute approximate surface area is 161 Å². The van der Waals surface area contributed by atoms with Gasteiger partial charge in [-0.15, -0.1) is 10.2 Å². The number of carbonyl (C=O) groups is 1. The first-order chi connectivity index (χ1) is 13.7.